The van der Waals surface area contributed by atoms with Gasteiger partial charge in [0.1, 0.15) is 11.9 Å². The number of aryl methyl sites for hydroxylation is 1. The fourth-order valence-corrected chi connectivity index (χ4v) is 2.48. The van der Waals surface area contributed by atoms with Crippen LogP contribution in [0.1, 0.15) is 12.5 Å². The van der Waals surface area contributed by atoms with Gasteiger partial charge >= 0.3 is 0 Å². The molecule has 0 bridgehead atoms. The molecule has 2 heterocycles. The Balaban J connectivity index is 1.96. The first kappa shape index (κ1) is 12.9. The second-order valence-electron chi connectivity index (χ2n) is 4.25. The van der Waals surface area contributed by atoms with E-state index in [9.17, 15) is 9.59 Å². The number of anilines is 1. The molecule has 18 heavy (non-hydrogen) atoms. The molecule has 2 rings (SSSR count). The highest BCUT2D eigenvalue weighted by atomic mass is 32.2. The van der Waals surface area contributed by atoms with Crippen LogP contribution in [0.15, 0.2) is 18.3 Å². The molecule has 0 aromatic carbocycles. The second-order valence-corrected chi connectivity index (χ2v) is 5.62. The van der Waals surface area contributed by atoms with E-state index in [0.717, 1.165) is 5.56 Å². The van der Waals surface area contributed by atoms with Gasteiger partial charge in [0.05, 0.1) is 5.25 Å². The van der Waals surface area contributed by atoms with Crippen molar-refractivity contribution in [2.24, 2.45) is 0 Å². The van der Waals surface area contributed by atoms with Crippen LogP contribution in [0.5, 0.6) is 0 Å². The largest absolute Gasteiger partial charge is 0.343 e. The number of hydrogen-bond donors (Lipinski definition) is 2. The first-order valence-corrected chi connectivity index (χ1v) is 6.76. The molecule has 96 valence electrons. The summed E-state index contributed by atoms with van der Waals surface area (Å²) < 4.78 is 0. The number of rotatable bonds is 2. The number of carbonyl (C=O) groups excluding carboxylic acids is 2. The molecule has 1 aromatic rings. The molecule has 1 aliphatic rings. The Hall–Kier alpha value is -1.56. The van der Waals surface area contributed by atoms with Gasteiger partial charge in [0, 0.05) is 11.9 Å². The van der Waals surface area contributed by atoms with Crippen LogP contribution in [0.2, 0.25) is 0 Å². The molecule has 0 radical (unpaired) electrons. The minimum Gasteiger partial charge on any atom is -0.343 e. The van der Waals surface area contributed by atoms with Crippen molar-refractivity contribution >= 4 is 29.4 Å². The normalized spacial score (nSPS) is 23.3. The van der Waals surface area contributed by atoms with Crippen molar-refractivity contribution in [2.45, 2.75) is 25.1 Å². The minimum absolute atomic E-state index is 0.0912. The van der Waals surface area contributed by atoms with Crippen LogP contribution >= 0.6 is 11.8 Å². The number of carbonyl (C=O) groups is 2. The van der Waals surface area contributed by atoms with Crippen LogP contribution in [-0.4, -0.2) is 33.8 Å². The fourth-order valence-electron chi connectivity index (χ4n) is 1.54. The van der Waals surface area contributed by atoms with E-state index in [1.165, 1.54) is 11.8 Å². The summed E-state index contributed by atoms with van der Waals surface area (Å²) in [6.45, 7) is 3.76. The van der Waals surface area contributed by atoms with Crippen molar-refractivity contribution < 1.29 is 9.59 Å². The monoisotopic (exact) mass is 265 g/mol. The molecule has 5 nitrogen and oxygen atoms in total. The lowest BCUT2D eigenvalue weighted by molar-refractivity contribution is -0.125. The molecule has 0 saturated carbocycles. The van der Waals surface area contributed by atoms with E-state index in [0.29, 0.717) is 11.6 Å². The van der Waals surface area contributed by atoms with E-state index in [2.05, 4.69) is 15.6 Å². The van der Waals surface area contributed by atoms with Crippen LogP contribution in [0.3, 0.4) is 0 Å². The summed E-state index contributed by atoms with van der Waals surface area (Å²) in [6, 6.07) is 3.13. The second kappa shape index (κ2) is 5.39. The van der Waals surface area contributed by atoms with E-state index < -0.39 is 6.04 Å². The van der Waals surface area contributed by atoms with Crippen molar-refractivity contribution in [1.82, 2.24) is 10.3 Å². The number of hydrogen-bond acceptors (Lipinski definition) is 4. The van der Waals surface area contributed by atoms with Crippen molar-refractivity contribution in [2.75, 3.05) is 11.1 Å². The van der Waals surface area contributed by atoms with E-state index in [4.69, 9.17) is 0 Å². The molecule has 0 aliphatic carbocycles. The third-order valence-electron chi connectivity index (χ3n) is 2.68. The standard InChI is InChI=1S/C12H15N3O2S/c1-7-3-4-10(13-5-7)15-12(17)9-6-18-8(2)11(16)14-9/h3-5,8-9H,6H2,1-2H3,(H,14,16)(H,13,15,17)/t8-,9+/m1/s1. The van der Waals surface area contributed by atoms with Gasteiger partial charge in [-0.05, 0) is 25.5 Å². The molecule has 2 amide bonds. The summed E-state index contributed by atoms with van der Waals surface area (Å²) >= 11 is 1.48. The molecule has 2 atom stereocenters. The highest BCUT2D eigenvalue weighted by Crippen LogP contribution is 2.18. The SMILES string of the molecule is Cc1ccc(NC(=O)[C@@H]2CS[C@H](C)C(=O)N2)nc1. The zero-order chi connectivity index (χ0) is 13.1. The number of nitrogens with one attached hydrogen (secondary N) is 2. The molecule has 1 fully saturated rings. The zero-order valence-electron chi connectivity index (χ0n) is 10.3. The summed E-state index contributed by atoms with van der Waals surface area (Å²) in [6.07, 6.45) is 1.69. The number of pyridine rings is 1. The van der Waals surface area contributed by atoms with Crippen LogP contribution in [0, 0.1) is 6.92 Å². The van der Waals surface area contributed by atoms with Crippen molar-refractivity contribution in [3.05, 3.63) is 23.9 Å². The molecule has 6 heteroatoms. The first-order valence-electron chi connectivity index (χ1n) is 5.72. The van der Waals surface area contributed by atoms with Gasteiger partial charge in [-0.25, -0.2) is 4.98 Å². The Morgan fingerprint density at radius 2 is 2.33 bits per heavy atom. The topological polar surface area (TPSA) is 71.1 Å². The molecule has 2 N–H and O–H groups in total. The van der Waals surface area contributed by atoms with E-state index in [-0.39, 0.29) is 17.1 Å². The predicted octanol–water partition coefficient (Wildman–Crippen LogP) is 0.949. The lowest BCUT2D eigenvalue weighted by atomic mass is 10.2. The number of aromatic nitrogens is 1. The van der Waals surface area contributed by atoms with Gasteiger partial charge in [0.15, 0.2) is 0 Å². The summed E-state index contributed by atoms with van der Waals surface area (Å²) in [5.41, 5.74) is 1.03. The highest BCUT2D eigenvalue weighted by Gasteiger charge is 2.29. The molecular formula is C12H15N3O2S. The summed E-state index contributed by atoms with van der Waals surface area (Å²) in [5, 5.41) is 5.30. The molecule has 1 aromatic heterocycles. The van der Waals surface area contributed by atoms with Gasteiger partial charge in [-0.1, -0.05) is 6.07 Å². The maximum absolute atomic E-state index is 11.9. The van der Waals surface area contributed by atoms with Crippen LogP contribution in [0.4, 0.5) is 5.82 Å². The highest BCUT2D eigenvalue weighted by molar-refractivity contribution is 8.00. The van der Waals surface area contributed by atoms with Gasteiger partial charge in [0.25, 0.3) is 0 Å². The maximum atomic E-state index is 11.9. The van der Waals surface area contributed by atoms with E-state index in [1.54, 1.807) is 12.3 Å². The lowest BCUT2D eigenvalue weighted by Gasteiger charge is -2.25. The molecule has 0 spiro atoms. The maximum Gasteiger partial charge on any atom is 0.248 e. The Morgan fingerprint density at radius 1 is 1.56 bits per heavy atom. The Labute approximate surface area is 110 Å². The Bertz CT molecular complexity index is 461. The summed E-state index contributed by atoms with van der Waals surface area (Å²) in [4.78, 5) is 27.5. The molecular weight excluding hydrogens is 250 g/mol. The van der Waals surface area contributed by atoms with Crippen molar-refractivity contribution in [3.8, 4) is 0 Å². The van der Waals surface area contributed by atoms with Crippen LogP contribution in [0.25, 0.3) is 0 Å². The van der Waals surface area contributed by atoms with Gasteiger partial charge in [-0.15, -0.1) is 11.8 Å². The molecule has 1 saturated heterocycles. The first-order chi connectivity index (χ1) is 8.56. The third kappa shape index (κ3) is 3.01. The minimum atomic E-state index is -0.484. The Kier molecular flexibility index (Phi) is 3.86. The fraction of sp³-hybridized carbons (Fsp3) is 0.417. The van der Waals surface area contributed by atoms with Gasteiger partial charge < -0.3 is 10.6 Å². The van der Waals surface area contributed by atoms with Crippen molar-refractivity contribution in [3.63, 3.8) is 0 Å². The number of amides is 2. The molecule has 0 unspecified atom stereocenters. The number of nitrogens with zero attached hydrogens (tertiary/aromatic N) is 1. The molecule has 1 aliphatic heterocycles. The summed E-state index contributed by atoms with van der Waals surface area (Å²) in [7, 11) is 0. The average molecular weight is 265 g/mol. The van der Waals surface area contributed by atoms with Gasteiger partial charge in [-0.3, -0.25) is 9.59 Å². The van der Waals surface area contributed by atoms with Crippen LogP contribution < -0.4 is 10.6 Å². The van der Waals surface area contributed by atoms with E-state index >= 15 is 0 Å². The van der Waals surface area contributed by atoms with E-state index in [1.807, 2.05) is 19.9 Å². The van der Waals surface area contributed by atoms with Gasteiger partial charge in [0.2, 0.25) is 11.8 Å². The quantitative estimate of drug-likeness (QED) is 0.835. The summed E-state index contributed by atoms with van der Waals surface area (Å²) in [5.74, 6) is 0.774. The third-order valence-corrected chi connectivity index (χ3v) is 3.92. The van der Waals surface area contributed by atoms with Crippen molar-refractivity contribution in [1.29, 1.82) is 0 Å². The lowest BCUT2D eigenvalue weighted by Crippen LogP contribution is -2.51. The van der Waals surface area contributed by atoms with Crippen LogP contribution in [-0.2, 0) is 9.59 Å². The predicted molar refractivity (Wildman–Crippen MR) is 71.5 cm³/mol. The average Bonchev–Trinajstić information content (AvgIpc) is 2.35. The number of thioether (sulfide) groups is 1. The Morgan fingerprint density at radius 3 is 2.94 bits per heavy atom. The zero-order valence-corrected chi connectivity index (χ0v) is 11.1. The van der Waals surface area contributed by atoms with Gasteiger partial charge in [-0.2, -0.15) is 0 Å². The smallest absolute Gasteiger partial charge is 0.248 e.